The second-order valence-corrected chi connectivity index (χ2v) is 4.73. The SMILES string of the molecule is Cc1cc(C(N)c2ccnn2C)c2ccccc2n1. The summed E-state index contributed by atoms with van der Waals surface area (Å²) >= 11 is 0. The van der Waals surface area contributed by atoms with Gasteiger partial charge >= 0.3 is 0 Å². The van der Waals surface area contributed by atoms with E-state index in [2.05, 4.69) is 22.2 Å². The summed E-state index contributed by atoms with van der Waals surface area (Å²) in [5, 5.41) is 5.29. The number of hydrogen-bond donors (Lipinski definition) is 1. The van der Waals surface area contributed by atoms with Crippen molar-refractivity contribution in [3.63, 3.8) is 0 Å². The first kappa shape index (κ1) is 11.9. The van der Waals surface area contributed by atoms with Crippen LogP contribution in [0.3, 0.4) is 0 Å². The van der Waals surface area contributed by atoms with E-state index in [0.717, 1.165) is 27.9 Å². The van der Waals surface area contributed by atoms with Crippen molar-refractivity contribution < 1.29 is 0 Å². The Labute approximate surface area is 111 Å². The lowest BCUT2D eigenvalue weighted by atomic mass is 9.99. The summed E-state index contributed by atoms with van der Waals surface area (Å²) in [4.78, 5) is 4.54. The third kappa shape index (κ3) is 2.00. The molecule has 0 radical (unpaired) electrons. The second kappa shape index (κ2) is 4.48. The molecule has 2 N–H and O–H groups in total. The Hall–Kier alpha value is -2.20. The van der Waals surface area contributed by atoms with Gasteiger partial charge in [0.15, 0.2) is 0 Å². The van der Waals surface area contributed by atoms with Gasteiger partial charge in [-0.05, 0) is 30.7 Å². The van der Waals surface area contributed by atoms with Crippen LogP contribution in [0.5, 0.6) is 0 Å². The smallest absolute Gasteiger partial charge is 0.0730 e. The third-order valence-corrected chi connectivity index (χ3v) is 3.39. The van der Waals surface area contributed by atoms with Crippen molar-refractivity contribution in [2.45, 2.75) is 13.0 Å². The van der Waals surface area contributed by atoms with Crippen molar-refractivity contribution in [1.29, 1.82) is 0 Å². The average Bonchev–Trinajstić information content (AvgIpc) is 2.83. The highest BCUT2D eigenvalue weighted by Crippen LogP contribution is 2.26. The number of nitrogens with two attached hydrogens (primary N) is 1. The van der Waals surface area contributed by atoms with Gasteiger partial charge in [-0.25, -0.2) is 0 Å². The van der Waals surface area contributed by atoms with Crippen molar-refractivity contribution in [3.8, 4) is 0 Å². The summed E-state index contributed by atoms with van der Waals surface area (Å²) < 4.78 is 1.81. The van der Waals surface area contributed by atoms with E-state index in [4.69, 9.17) is 5.73 Å². The van der Waals surface area contributed by atoms with E-state index in [1.54, 1.807) is 6.20 Å². The Morgan fingerprint density at radius 2 is 2.00 bits per heavy atom. The fraction of sp³-hybridized carbons (Fsp3) is 0.200. The molecule has 3 aromatic rings. The van der Waals surface area contributed by atoms with Crippen LogP contribution in [0.4, 0.5) is 0 Å². The molecule has 0 amide bonds. The van der Waals surface area contributed by atoms with E-state index in [0.29, 0.717) is 0 Å². The summed E-state index contributed by atoms with van der Waals surface area (Å²) in [5.74, 6) is 0. The van der Waals surface area contributed by atoms with Crippen LogP contribution in [-0.2, 0) is 7.05 Å². The highest BCUT2D eigenvalue weighted by molar-refractivity contribution is 5.83. The topological polar surface area (TPSA) is 56.7 Å². The molecule has 19 heavy (non-hydrogen) atoms. The molecule has 0 aliphatic carbocycles. The van der Waals surface area contributed by atoms with Gasteiger partial charge in [0.1, 0.15) is 0 Å². The van der Waals surface area contributed by atoms with Gasteiger partial charge in [0.25, 0.3) is 0 Å². The molecule has 96 valence electrons. The first-order chi connectivity index (χ1) is 9.16. The van der Waals surface area contributed by atoms with E-state index in [9.17, 15) is 0 Å². The zero-order chi connectivity index (χ0) is 13.4. The van der Waals surface area contributed by atoms with E-state index in [-0.39, 0.29) is 6.04 Å². The average molecular weight is 252 g/mol. The van der Waals surface area contributed by atoms with Gasteiger partial charge in [0.05, 0.1) is 17.3 Å². The minimum Gasteiger partial charge on any atom is -0.319 e. The number of aryl methyl sites for hydroxylation is 2. The zero-order valence-electron chi connectivity index (χ0n) is 11.0. The molecule has 0 fully saturated rings. The second-order valence-electron chi connectivity index (χ2n) is 4.73. The summed E-state index contributed by atoms with van der Waals surface area (Å²) in [6, 6.07) is 11.9. The number of fused-ring (bicyclic) bond motifs is 1. The molecule has 0 saturated carbocycles. The number of nitrogens with zero attached hydrogens (tertiary/aromatic N) is 3. The predicted octanol–water partition coefficient (Wildman–Crippen LogP) is 2.32. The first-order valence-corrected chi connectivity index (χ1v) is 6.26. The lowest BCUT2D eigenvalue weighted by molar-refractivity contribution is 0.675. The fourth-order valence-electron chi connectivity index (χ4n) is 2.45. The summed E-state index contributed by atoms with van der Waals surface area (Å²) in [6.07, 6.45) is 1.77. The summed E-state index contributed by atoms with van der Waals surface area (Å²) in [7, 11) is 1.91. The van der Waals surface area contributed by atoms with Crippen LogP contribution >= 0.6 is 0 Å². The standard InChI is InChI=1S/C15H16N4/c1-10-9-12(11-5-3-4-6-13(11)18-10)15(16)14-7-8-17-19(14)2/h3-9,15H,16H2,1-2H3. The normalized spacial score (nSPS) is 12.8. The molecule has 0 saturated heterocycles. The molecule has 4 heteroatoms. The summed E-state index contributed by atoms with van der Waals surface area (Å²) in [5.41, 5.74) is 10.5. The van der Waals surface area contributed by atoms with Crippen LogP contribution in [0.15, 0.2) is 42.6 Å². The molecule has 0 spiro atoms. The number of hydrogen-bond acceptors (Lipinski definition) is 3. The maximum absolute atomic E-state index is 6.41. The van der Waals surface area contributed by atoms with Gasteiger partial charge in [-0.1, -0.05) is 18.2 Å². The molecule has 1 aromatic carbocycles. The molecule has 0 aliphatic rings. The van der Waals surface area contributed by atoms with Crippen molar-refractivity contribution >= 4 is 10.9 Å². The van der Waals surface area contributed by atoms with Gasteiger partial charge in [0.2, 0.25) is 0 Å². The Balaban J connectivity index is 2.22. The number of pyridine rings is 1. The largest absolute Gasteiger partial charge is 0.319 e. The monoisotopic (exact) mass is 252 g/mol. The van der Waals surface area contributed by atoms with Crippen LogP contribution in [0, 0.1) is 6.92 Å². The number of rotatable bonds is 2. The number of para-hydroxylation sites is 1. The zero-order valence-corrected chi connectivity index (χ0v) is 11.0. The van der Waals surface area contributed by atoms with Crippen LogP contribution in [0.25, 0.3) is 10.9 Å². The van der Waals surface area contributed by atoms with Crippen LogP contribution in [0.1, 0.15) is 23.0 Å². The fourth-order valence-corrected chi connectivity index (χ4v) is 2.45. The maximum Gasteiger partial charge on any atom is 0.0730 e. The highest BCUT2D eigenvalue weighted by Gasteiger charge is 2.16. The highest BCUT2D eigenvalue weighted by atomic mass is 15.3. The molecule has 3 rings (SSSR count). The molecule has 0 bridgehead atoms. The minimum atomic E-state index is -0.195. The van der Waals surface area contributed by atoms with E-state index < -0.39 is 0 Å². The maximum atomic E-state index is 6.41. The van der Waals surface area contributed by atoms with E-state index >= 15 is 0 Å². The summed E-state index contributed by atoms with van der Waals surface area (Å²) in [6.45, 7) is 1.99. The molecule has 4 nitrogen and oxygen atoms in total. The molecule has 1 unspecified atom stereocenters. The molecular formula is C15H16N4. The Morgan fingerprint density at radius 3 is 2.74 bits per heavy atom. The quantitative estimate of drug-likeness (QED) is 0.761. The van der Waals surface area contributed by atoms with Crippen LogP contribution in [0.2, 0.25) is 0 Å². The number of benzene rings is 1. The molecular weight excluding hydrogens is 236 g/mol. The van der Waals surface area contributed by atoms with Crippen LogP contribution < -0.4 is 5.73 Å². The molecule has 1 atom stereocenters. The molecule has 2 heterocycles. The third-order valence-electron chi connectivity index (χ3n) is 3.39. The Kier molecular flexibility index (Phi) is 2.80. The van der Waals surface area contributed by atoms with Gasteiger partial charge in [-0.2, -0.15) is 5.10 Å². The molecule has 2 aromatic heterocycles. The lowest BCUT2D eigenvalue weighted by Gasteiger charge is -2.15. The van der Waals surface area contributed by atoms with E-state index in [1.165, 1.54) is 0 Å². The van der Waals surface area contributed by atoms with Crippen molar-refractivity contribution in [1.82, 2.24) is 14.8 Å². The predicted molar refractivity (Wildman–Crippen MR) is 75.7 cm³/mol. The van der Waals surface area contributed by atoms with Gasteiger partial charge in [-0.15, -0.1) is 0 Å². The minimum absolute atomic E-state index is 0.195. The van der Waals surface area contributed by atoms with E-state index in [1.807, 2.05) is 42.9 Å². The number of aromatic nitrogens is 3. The van der Waals surface area contributed by atoms with Gasteiger partial charge in [-0.3, -0.25) is 9.67 Å². The molecule has 0 aliphatic heterocycles. The van der Waals surface area contributed by atoms with Crippen molar-refractivity contribution in [2.24, 2.45) is 12.8 Å². The Morgan fingerprint density at radius 1 is 1.21 bits per heavy atom. The van der Waals surface area contributed by atoms with Crippen LogP contribution in [-0.4, -0.2) is 14.8 Å². The Bertz CT molecular complexity index is 730. The van der Waals surface area contributed by atoms with Crippen molar-refractivity contribution in [2.75, 3.05) is 0 Å². The first-order valence-electron chi connectivity index (χ1n) is 6.26. The van der Waals surface area contributed by atoms with Crippen molar-refractivity contribution in [3.05, 3.63) is 59.5 Å². The van der Waals surface area contributed by atoms with Gasteiger partial charge < -0.3 is 5.73 Å². The lowest BCUT2D eigenvalue weighted by Crippen LogP contribution is -2.16. The van der Waals surface area contributed by atoms with Gasteiger partial charge in [0, 0.05) is 24.3 Å².